The van der Waals surface area contributed by atoms with E-state index in [4.69, 9.17) is 0 Å². The zero-order valence-corrected chi connectivity index (χ0v) is 13.4. The zero-order chi connectivity index (χ0) is 14.1. The summed E-state index contributed by atoms with van der Waals surface area (Å²) in [5.74, 6) is 0. The molecule has 0 unspecified atom stereocenters. The average Bonchev–Trinajstić information content (AvgIpc) is 3.24. The molecule has 4 nitrogen and oxygen atoms in total. The van der Waals surface area contributed by atoms with E-state index in [1.165, 1.54) is 18.4 Å². The van der Waals surface area contributed by atoms with Gasteiger partial charge in [0.15, 0.2) is 0 Å². The summed E-state index contributed by atoms with van der Waals surface area (Å²) < 4.78 is 3.08. The van der Waals surface area contributed by atoms with Crippen molar-refractivity contribution in [1.29, 1.82) is 0 Å². The molecule has 1 fully saturated rings. The Kier molecular flexibility index (Phi) is 3.89. The molecule has 1 saturated carbocycles. The van der Waals surface area contributed by atoms with E-state index in [2.05, 4.69) is 50.4 Å². The molecule has 3 rings (SSSR count). The molecule has 0 saturated heterocycles. The summed E-state index contributed by atoms with van der Waals surface area (Å²) in [4.78, 5) is 4.54. The molecular formula is C15H19BrN4. The van der Waals surface area contributed by atoms with Crippen LogP contribution in [0.2, 0.25) is 0 Å². The van der Waals surface area contributed by atoms with Crippen molar-refractivity contribution < 1.29 is 0 Å². The van der Waals surface area contributed by atoms with Crippen LogP contribution in [0.4, 0.5) is 0 Å². The number of hydrogen-bond acceptors (Lipinski definition) is 3. The van der Waals surface area contributed by atoms with Gasteiger partial charge in [-0.25, -0.2) is 0 Å². The Morgan fingerprint density at radius 2 is 2.15 bits per heavy atom. The Morgan fingerprint density at radius 1 is 1.35 bits per heavy atom. The van der Waals surface area contributed by atoms with E-state index >= 15 is 0 Å². The number of aromatic nitrogens is 3. The molecule has 1 N–H and O–H groups in total. The first-order valence-corrected chi connectivity index (χ1v) is 7.79. The smallest absolute Gasteiger partial charge is 0.0834 e. The third-order valence-corrected chi connectivity index (χ3v) is 4.81. The van der Waals surface area contributed by atoms with Gasteiger partial charge in [-0.15, -0.1) is 0 Å². The van der Waals surface area contributed by atoms with Crippen LogP contribution in [0, 0.1) is 13.8 Å². The average molecular weight is 335 g/mol. The molecule has 2 aromatic rings. The Morgan fingerprint density at radius 3 is 2.70 bits per heavy atom. The second-order valence-electron chi connectivity index (χ2n) is 5.46. The molecule has 0 aromatic carbocycles. The maximum atomic E-state index is 4.54. The lowest BCUT2D eigenvalue weighted by atomic mass is 10.2. The Balaban J connectivity index is 1.66. The van der Waals surface area contributed by atoms with Crippen molar-refractivity contribution in [2.75, 3.05) is 0 Å². The lowest BCUT2D eigenvalue weighted by Crippen LogP contribution is -2.15. The molecule has 0 amide bonds. The van der Waals surface area contributed by atoms with Gasteiger partial charge >= 0.3 is 0 Å². The van der Waals surface area contributed by atoms with Gasteiger partial charge in [0.05, 0.1) is 28.1 Å². The molecule has 5 heteroatoms. The first-order valence-electron chi connectivity index (χ1n) is 7.00. The van der Waals surface area contributed by atoms with Crippen molar-refractivity contribution in [1.82, 2.24) is 20.1 Å². The molecule has 0 atom stereocenters. The van der Waals surface area contributed by atoms with Crippen LogP contribution < -0.4 is 5.32 Å². The maximum absolute atomic E-state index is 4.54. The fraction of sp³-hybridized carbons (Fsp3) is 0.467. The second-order valence-corrected chi connectivity index (χ2v) is 6.25. The number of nitrogens with zero attached hydrogens (tertiary/aromatic N) is 3. The highest BCUT2D eigenvalue weighted by Gasteiger charge is 2.19. The largest absolute Gasteiger partial charge is 0.310 e. The van der Waals surface area contributed by atoms with E-state index < -0.39 is 0 Å². The van der Waals surface area contributed by atoms with Crippen molar-refractivity contribution >= 4 is 15.9 Å². The van der Waals surface area contributed by atoms with Crippen molar-refractivity contribution in [3.8, 4) is 0 Å². The van der Waals surface area contributed by atoms with Crippen LogP contribution in [0.3, 0.4) is 0 Å². The zero-order valence-electron chi connectivity index (χ0n) is 11.9. The number of aryl methyl sites for hydroxylation is 1. The number of hydrogen-bond donors (Lipinski definition) is 1. The lowest BCUT2D eigenvalue weighted by Gasteiger charge is -2.06. The van der Waals surface area contributed by atoms with Gasteiger partial charge in [0.25, 0.3) is 0 Å². The molecule has 1 aliphatic rings. The fourth-order valence-electron chi connectivity index (χ4n) is 2.19. The van der Waals surface area contributed by atoms with Gasteiger partial charge in [-0.05, 0) is 54.2 Å². The molecule has 0 aliphatic heterocycles. The normalized spacial score (nSPS) is 14.8. The summed E-state index contributed by atoms with van der Waals surface area (Å²) in [6.07, 6.45) is 4.60. The topological polar surface area (TPSA) is 42.7 Å². The minimum absolute atomic E-state index is 0.717. The maximum Gasteiger partial charge on any atom is 0.0834 e. The molecule has 2 heterocycles. The van der Waals surface area contributed by atoms with Crippen molar-refractivity contribution in [3.63, 3.8) is 0 Å². The van der Waals surface area contributed by atoms with E-state index in [0.29, 0.717) is 6.54 Å². The van der Waals surface area contributed by atoms with E-state index in [1.54, 1.807) is 0 Å². The summed E-state index contributed by atoms with van der Waals surface area (Å²) in [5.41, 5.74) is 4.45. The van der Waals surface area contributed by atoms with E-state index in [0.717, 1.165) is 34.1 Å². The summed E-state index contributed by atoms with van der Waals surface area (Å²) in [6.45, 7) is 5.71. The van der Waals surface area contributed by atoms with Crippen LogP contribution in [-0.2, 0) is 13.1 Å². The van der Waals surface area contributed by atoms with Gasteiger partial charge < -0.3 is 5.32 Å². The molecule has 20 heavy (non-hydrogen) atoms. The predicted molar refractivity (Wildman–Crippen MR) is 82.6 cm³/mol. The SMILES string of the molecule is Cc1nn(Cc2ccc(CNC3CC3)cn2)c(C)c1Br. The van der Waals surface area contributed by atoms with Crippen LogP contribution in [0.1, 0.15) is 35.5 Å². The standard InChI is InChI=1S/C15H19BrN4/c1-10-15(16)11(2)20(19-10)9-14-4-3-12(8-18-14)7-17-13-5-6-13/h3-4,8,13,17H,5-7,9H2,1-2H3. The molecule has 0 radical (unpaired) electrons. The highest BCUT2D eigenvalue weighted by atomic mass is 79.9. The lowest BCUT2D eigenvalue weighted by molar-refractivity contribution is 0.643. The summed E-state index contributed by atoms with van der Waals surface area (Å²) in [5, 5.41) is 8.01. The Bertz CT molecular complexity index is 599. The summed E-state index contributed by atoms with van der Waals surface area (Å²) >= 11 is 3.55. The monoisotopic (exact) mass is 334 g/mol. The number of pyridine rings is 1. The molecule has 0 bridgehead atoms. The van der Waals surface area contributed by atoms with Gasteiger partial charge in [0.1, 0.15) is 0 Å². The first kappa shape index (κ1) is 13.8. The van der Waals surface area contributed by atoms with Crippen molar-refractivity contribution in [2.45, 2.75) is 45.8 Å². The summed E-state index contributed by atoms with van der Waals surface area (Å²) in [7, 11) is 0. The predicted octanol–water partition coefficient (Wildman–Crippen LogP) is 2.96. The third kappa shape index (κ3) is 3.10. The van der Waals surface area contributed by atoms with Gasteiger partial charge in [0.2, 0.25) is 0 Å². The number of rotatable bonds is 5. The first-order chi connectivity index (χ1) is 9.63. The second kappa shape index (κ2) is 5.66. The van der Waals surface area contributed by atoms with Crippen LogP contribution in [0.15, 0.2) is 22.8 Å². The van der Waals surface area contributed by atoms with Gasteiger partial charge in [0, 0.05) is 18.8 Å². The van der Waals surface area contributed by atoms with Crippen molar-refractivity contribution in [3.05, 3.63) is 45.4 Å². The molecule has 0 spiro atoms. The molecule has 106 valence electrons. The molecule has 2 aromatic heterocycles. The van der Waals surface area contributed by atoms with Crippen LogP contribution in [0.5, 0.6) is 0 Å². The quantitative estimate of drug-likeness (QED) is 0.914. The van der Waals surface area contributed by atoms with Gasteiger partial charge in [-0.2, -0.15) is 5.10 Å². The number of nitrogens with one attached hydrogen (secondary N) is 1. The van der Waals surface area contributed by atoms with E-state index in [-0.39, 0.29) is 0 Å². The van der Waals surface area contributed by atoms with Crippen molar-refractivity contribution in [2.24, 2.45) is 0 Å². The summed E-state index contributed by atoms with van der Waals surface area (Å²) in [6, 6.07) is 4.98. The molecular weight excluding hydrogens is 316 g/mol. The third-order valence-electron chi connectivity index (χ3n) is 3.66. The van der Waals surface area contributed by atoms with E-state index in [9.17, 15) is 0 Å². The van der Waals surface area contributed by atoms with Gasteiger partial charge in [-0.1, -0.05) is 6.07 Å². The van der Waals surface area contributed by atoms with Crippen LogP contribution >= 0.6 is 15.9 Å². The van der Waals surface area contributed by atoms with E-state index in [1.807, 2.05) is 17.8 Å². The fourth-order valence-corrected chi connectivity index (χ4v) is 2.47. The Hall–Kier alpha value is -1.20. The van der Waals surface area contributed by atoms with Crippen LogP contribution in [0.25, 0.3) is 0 Å². The highest BCUT2D eigenvalue weighted by molar-refractivity contribution is 9.10. The minimum Gasteiger partial charge on any atom is -0.310 e. The van der Waals surface area contributed by atoms with Gasteiger partial charge in [-0.3, -0.25) is 9.67 Å². The molecule has 1 aliphatic carbocycles. The number of halogens is 1. The van der Waals surface area contributed by atoms with Crippen LogP contribution in [-0.4, -0.2) is 20.8 Å². The highest BCUT2D eigenvalue weighted by Crippen LogP contribution is 2.21. The Labute approximate surface area is 127 Å². The minimum atomic E-state index is 0.717.